The molecule has 6 nitrogen and oxygen atoms in total. The van der Waals surface area contributed by atoms with E-state index < -0.39 is 30.5 Å². The van der Waals surface area contributed by atoms with Crippen LogP contribution in [0.3, 0.4) is 0 Å². The van der Waals surface area contributed by atoms with Gasteiger partial charge in [-0.15, -0.1) is 0 Å². The van der Waals surface area contributed by atoms with E-state index in [1.54, 1.807) is 19.1 Å². The third-order valence-corrected chi connectivity index (χ3v) is 3.46. The quantitative estimate of drug-likeness (QED) is 0.772. The molecule has 1 aromatic rings. The fraction of sp³-hybridized carbons (Fsp3) is 0.500. The zero-order chi connectivity index (χ0) is 18.3. The molecule has 0 saturated carbocycles. The SMILES string of the molecule is COC(=O)C(CC(C)C)NC(=O)COC(=O)c1ccc(C)cc1C. The first-order chi connectivity index (χ1) is 11.2. The zero-order valence-corrected chi connectivity index (χ0v) is 14.8. The van der Waals surface area contributed by atoms with E-state index in [9.17, 15) is 14.4 Å². The van der Waals surface area contributed by atoms with Crippen LogP contribution in [0.15, 0.2) is 18.2 Å². The highest BCUT2D eigenvalue weighted by molar-refractivity contribution is 5.93. The molecular weight excluding hydrogens is 310 g/mol. The molecule has 1 atom stereocenters. The van der Waals surface area contributed by atoms with E-state index in [-0.39, 0.29) is 5.92 Å². The Labute approximate surface area is 142 Å². The summed E-state index contributed by atoms with van der Waals surface area (Å²) in [5, 5.41) is 2.54. The van der Waals surface area contributed by atoms with E-state index in [0.717, 1.165) is 11.1 Å². The predicted octanol–water partition coefficient (Wildman–Crippen LogP) is 2.16. The Morgan fingerprint density at radius 3 is 2.38 bits per heavy atom. The lowest BCUT2D eigenvalue weighted by molar-refractivity contribution is -0.145. The van der Waals surface area contributed by atoms with Gasteiger partial charge in [0.25, 0.3) is 5.91 Å². The number of methoxy groups -OCH3 is 1. The molecule has 1 unspecified atom stereocenters. The minimum atomic E-state index is -0.748. The molecule has 0 heterocycles. The number of amides is 1. The summed E-state index contributed by atoms with van der Waals surface area (Å²) in [5.41, 5.74) is 2.24. The second kappa shape index (κ2) is 9.05. The average molecular weight is 335 g/mol. The van der Waals surface area contributed by atoms with Gasteiger partial charge in [-0.2, -0.15) is 0 Å². The summed E-state index contributed by atoms with van der Waals surface area (Å²) in [4.78, 5) is 35.6. The normalized spacial score (nSPS) is 11.8. The van der Waals surface area contributed by atoms with Crippen molar-refractivity contribution < 1.29 is 23.9 Å². The van der Waals surface area contributed by atoms with Crippen molar-refractivity contribution in [1.82, 2.24) is 5.32 Å². The number of ether oxygens (including phenoxy) is 2. The third-order valence-electron chi connectivity index (χ3n) is 3.46. The van der Waals surface area contributed by atoms with Crippen molar-refractivity contribution in [2.45, 2.75) is 40.2 Å². The number of esters is 2. The van der Waals surface area contributed by atoms with Crippen LogP contribution in [0.25, 0.3) is 0 Å². The molecule has 0 radical (unpaired) electrons. The van der Waals surface area contributed by atoms with E-state index in [2.05, 4.69) is 10.1 Å². The number of hydrogen-bond donors (Lipinski definition) is 1. The van der Waals surface area contributed by atoms with Crippen LogP contribution < -0.4 is 5.32 Å². The van der Waals surface area contributed by atoms with Gasteiger partial charge in [0.15, 0.2) is 6.61 Å². The smallest absolute Gasteiger partial charge is 0.338 e. The molecule has 1 rings (SSSR count). The van der Waals surface area contributed by atoms with Crippen LogP contribution in [0, 0.1) is 19.8 Å². The molecule has 0 aliphatic carbocycles. The predicted molar refractivity (Wildman–Crippen MR) is 89.6 cm³/mol. The van der Waals surface area contributed by atoms with Gasteiger partial charge < -0.3 is 14.8 Å². The second-order valence-electron chi connectivity index (χ2n) is 6.17. The molecule has 0 fully saturated rings. The molecule has 6 heteroatoms. The lowest BCUT2D eigenvalue weighted by Crippen LogP contribution is -2.44. The van der Waals surface area contributed by atoms with E-state index in [1.165, 1.54) is 7.11 Å². The van der Waals surface area contributed by atoms with Crippen molar-refractivity contribution in [3.63, 3.8) is 0 Å². The monoisotopic (exact) mass is 335 g/mol. The maximum absolute atomic E-state index is 12.0. The Bertz CT molecular complexity index is 609. The van der Waals surface area contributed by atoms with Gasteiger partial charge in [-0.1, -0.05) is 31.5 Å². The molecule has 1 N–H and O–H groups in total. The van der Waals surface area contributed by atoms with Crippen molar-refractivity contribution in [3.8, 4) is 0 Å². The largest absolute Gasteiger partial charge is 0.467 e. The summed E-state index contributed by atoms with van der Waals surface area (Å²) in [5.74, 6) is -1.42. The molecule has 0 aliphatic heterocycles. The topological polar surface area (TPSA) is 81.7 Å². The first kappa shape index (κ1) is 19.7. The molecule has 0 aromatic heterocycles. The number of nitrogens with one attached hydrogen (secondary N) is 1. The number of benzene rings is 1. The van der Waals surface area contributed by atoms with E-state index >= 15 is 0 Å². The van der Waals surface area contributed by atoms with Crippen molar-refractivity contribution >= 4 is 17.8 Å². The van der Waals surface area contributed by atoms with Crippen LogP contribution in [-0.2, 0) is 19.1 Å². The molecule has 0 aliphatic rings. The van der Waals surface area contributed by atoms with Crippen molar-refractivity contribution in [3.05, 3.63) is 34.9 Å². The summed E-state index contributed by atoms with van der Waals surface area (Å²) < 4.78 is 9.70. The van der Waals surface area contributed by atoms with Gasteiger partial charge in [0.1, 0.15) is 6.04 Å². The molecule has 0 bridgehead atoms. The standard InChI is InChI=1S/C18H25NO5/c1-11(2)8-15(18(22)23-5)19-16(20)10-24-17(21)14-7-6-12(3)9-13(14)4/h6-7,9,11,15H,8,10H2,1-5H3,(H,19,20). The summed E-state index contributed by atoms with van der Waals surface area (Å²) in [6.07, 6.45) is 0.448. The second-order valence-corrected chi connectivity index (χ2v) is 6.17. The molecule has 24 heavy (non-hydrogen) atoms. The van der Waals surface area contributed by atoms with Crippen LogP contribution in [0.1, 0.15) is 41.8 Å². The fourth-order valence-corrected chi connectivity index (χ4v) is 2.32. The van der Waals surface area contributed by atoms with Gasteiger partial charge in [-0.25, -0.2) is 9.59 Å². The van der Waals surface area contributed by atoms with Crippen LogP contribution in [0.4, 0.5) is 0 Å². The minimum absolute atomic E-state index is 0.201. The Hall–Kier alpha value is -2.37. The van der Waals surface area contributed by atoms with Gasteiger partial charge in [-0.3, -0.25) is 4.79 Å². The van der Waals surface area contributed by atoms with Crippen LogP contribution in [0.2, 0.25) is 0 Å². The van der Waals surface area contributed by atoms with E-state index in [1.807, 2.05) is 26.8 Å². The Balaban J connectivity index is 2.60. The summed E-state index contributed by atoms with van der Waals surface area (Å²) in [7, 11) is 1.27. The number of rotatable bonds is 7. The lowest BCUT2D eigenvalue weighted by Gasteiger charge is -2.18. The maximum atomic E-state index is 12.0. The number of carbonyl (C=O) groups excluding carboxylic acids is 3. The van der Waals surface area contributed by atoms with Gasteiger partial charge in [0.2, 0.25) is 0 Å². The number of carbonyl (C=O) groups is 3. The first-order valence-electron chi connectivity index (χ1n) is 7.86. The molecule has 1 aromatic carbocycles. The highest BCUT2D eigenvalue weighted by Crippen LogP contribution is 2.12. The minimum Gasteiger partial charge on any atom is -0.467 e. The van der Waals surface area contributed by atoms with Crippen LogP contribution in [0.5, 0.6) is 0 Å². The molecule has 1 amide bonds. The highest BCUT2D eigenvalue weighted by atomic mass is 16.5. The maximum Gasteiger partial charge on any atom is 0.338 e. The zero-order valence-electron chi connectivity index (χ0n) is 14.8. The van der Waals surface area contributed by atoms with Crippen LogP contribution in [-0.4, -0.2) is 37.6 Å². The Morgan fingerprint density at radius 1 is 1.17 bits per heavy atom. The summed E-state index contributed by atoms with van der Waals surface area (Å²) in [6.45, 7) is 7.15. The van der Waals surface area contributed by atoms with Gasteiger partial charge in [0.05, 0.1) is 12.7 Å². The molecule has 132 valence electrons. The number of aryl methyl sites for hydroxylation is 2. The van der Waals surface area contributed by atoms with Gasteiger partial charge in [-0.05, 0) is 37.8 Å². The summed E-state index contributed by atoms with van der Waals surface area (Å²) in [6, 6.07) is 4.59. The number of hydrogen-bond acceptors (Lipinski definition) is 5. The Kier molecular flexibility index (Phi) is 7.42. The van der Waals surface area contributed by atoms with Crippen molar-refractivity contribution in [2.24, 2.45) is 5.92 Å². The molecule has 0 saturated heterocycles. The van der Waals surface area contributed by atoms with Crippen molar-refractivity contribution in [2.75, 3.05) is 13.7 Å². The fourth-order valence-electron chi connectivity index (χ4n) is 2.32. The van der Waals surface area contributed by atoms with Crippen molar-refractivity contribution in [1.29, 1.82) is 0 Å². The van der Waals surface area contributed by atoms with Crippen LogP contribution >= 0.6 is 0 Å². The lowest BCUT2D eigenvalue weighted by atomic mass is 10.0. The van der Waals surface area contributed by atoms with Gasteiger partial charge in [0, 0.05) is 0 Å². The molecule has 0 spiro atoms. The average Bonchev–Trinajstić information content (AvgIpc) is 2.50. The third kappa shape index (κ3) is 6.02. The molecular formula is C18H25NO5. The first-order valence-corrected chi connectivity index (χ1v) is 7.86. The Morgan fingerprint density at radius 2 is 1.83 bits per heavy atom. The highest BCUT2D eigenvalue weighted by Gasteiger charge is 2.23. The van der Waals surface area contributed by atoms with E-state index in [4.69, 9.17) is 4.74 Å². The summed E-state index contributed by atoms with van der Waals surface area (Å²) >= 11 is 0. The van der Waals surface area contributed by atoms with Gasteiger partial charge >= 0.3 is 11.9 Å². The van der Waals surface area contributed by atoms with E-state index in [0.29, 0.717) is 12.0 Å².